The zero-order chi connectivity index (χ0) is 16.3. The molecule has 0 fully saturated rings. The Morgan fingerprint density at radius 1 is 1.27 bits per heavy atom. The minimum Gasteiger partial charge on any atom is -0.340 e. The number of aromatic nitrogens is 2. The SMILES string of the molecule is C[C@@H](NC(=O)c1cccc(Cl)c1Cl)C(=O)Nc1ccn(C)n1. The van der Waals surface area contributed by atoms with Gasteiger partial charge in [-0.25, -0.2) is 0 Å². The van der Waals surface area contributed by atoms with Crippen molar-refractivity contribution in [3.63, 3.8) is 0 Å². The molecule has 2 N–H and O–H groups in total. The highest BCUT2D eigenvalue weighted by Gasteiger charge is 2.19. The van der Waals surface area contributed by atoms with E-state index in [0.29, 0.717) is 5.82 Å². The molecule has 116 valence electrons. The zero-order valence-corrected chi connectivity index (χ0v) is 13.4. The van der Waals surface area contributed by atoms with E-state index in [0.717, 1.165) is 0 Å². The Labute approximate surface area is 137 Å². The third-order valence-corrected chi connectivity index (χ3v) is 3.72. The number of anilines is 1. The van der Waals surface area contributed by atoms with Crippen LogP contribution in [0, 0.1) is 0 Å². The van der Waals surface area contributed by atoms with E-state index >= 15 is 0 Å². The summed E-state index contributed by atoms with van der Waals surface area (Å²) >= 11 is 11.8. The number of aryl methyl sites for hydroxylation is 1. The molecule has 0 aliphatic carbocycles. The van der Waals surface area contributed by atoms with Crippen LogP contribution in [-0.2, 0) is 11.8 Å². The number of amides is 2. The zero-order valence-electron chi connectivity index (χ0n) is 11.9. The number of benzene rings is 1. The molecule has 0 saturated carbocycles. The number of halogens is 2. The van der Waals surface area contributed by atoms with Crippen LogP contribution in [0.2, 0.25) is 10.0 Å². The van der Waals surface area contributed by atoms with Gasteiger partial charge in [0, 0.05) is 19.3 Å². The fourth-order valence-electron chi connectivity index (χ4n) is 1.74. The summed E-state index contributed by atoms with van der Waals surface area (Å²) in [7, 11) is 1.74. The van der Waals surface area contributed by atoms with Crippen LogP contribution in [0.5, 0.6) is 0 Å². The molecule has 6 nitrogen and oxygen atoms in total. The molecule has 0 bridgehead atoms. The van der Waals surface area contributed by atoms with E-state index in [4.69, 9.17) is 23.2 Å². The topological polar surface area (TPSA) is 76.0 Å². The van der Waals surface area contributed by atoms with Crippen LogP contribution in [-0.4, -0.2) is 27.6 Å². The molecule has 0 aliphatic heterocycles. The van der Waals surface area contributed by atoms with Crippen molar-refractivity contribution in [3.05, 3.63) is 46.1 Å². The van der Waals surface area contributed by atoms with Crippen molar-refractivity contribution in [1.82, 2.24) is 15.1 Å². The molecule has 8 heteroatoms. The molecule has 0 saturated heterocycles. The molecule has 2 amide bonds. The summed E-state index contributed by atoms with van der Waals surface area (Å²) in [4.78, 5) is 24.1. The van der Waals surface area contributed by atoms with Gasteiger partial charge in [-0.3, -0.25) is 14.3 Å². The summed E-state index contributed by atoms with van der Waals surface area (Å²) < 4.78 is 1.56. The average Bonchev–Trinajstić information content (AvgIpc) is 2.86. The Kier molecular flexibility index (Phi) is 5.05. The number of nitrogens with one attached hydrogen (secondary N) is 2. The van der Waals surface area contributed by atoms with Gasteiger partial charge >= 0.3 is 0 Å². The number of rotatable bonds is 4. The van der Waals surface area contributed by atoms with E-state index in [1.54, 1.807) is 43.0 Å². The van der Waals surface area contributed by atoms with E-state index in [1.165, 1.54) is 6.07 Å². The highest BCUT2D eigenvalue weighted by molar-refractivity contribution is 6.43. The highest BCUT2D eigenvalue weighted by atomic mass is 35.5. The first kappa shape index (κ1) is 16.3. The average molecular weight is 341 g/mol. The van der Waals surface area contributed by atoms with Crippen molar-refractivity contribution in [3.8, 4) is 0 Å². The molecular weight excluding hydrogens is 327 g/mol. The molecule has 1 aromatic heterocycles. The van der Waals surface area contributed by atoms with Gasteiger partial charge in [-0.05, 0) is 19.1 Å². The fraction of sp³-hybridized carbons (Fsp3) is 0.214. The smallest absolute Gasteiger partial charge is 0.253 e. The summed E-state index contributed by atoms with van der Waals surface area (Å²) in [5.41, 5.74) is 0.214. The first-order valence-corrected chi connectivity index (χ1v) is 7.19. The predicted octanol–water partition coefficient (Wildman–Crippen LogP) is 2.48. The molecular formula is C14H14Cl2N4O2. The Hall–Kier alpha value is -2.05. The van der Waals surface area contributed by atoms with E-state index in [2.05, 4.69) is 15.7 Å². The molecule has 0 unspecified atom stereocenters. The molecule has 2 rings (SSSR count). The number of carbonyl (C=O) groups excluding carboxylic acids is 2. The number of hydrogen-bond donors (Lipinski definition) is 2. The van der Waals surface area contributed by atoms with Crippen molar-refractivity contribution < 1.29 is 9.59 Å². The van der Waals surface area contributed by atoms with Crippen LogP contribution >= 0.6 is 23.2 Å². The lowest BCUT2D eigenvalue weighted by molar-refractivity contribution is -0.117. The summed E-state index contributed by atoms with van der Waals surface area (Å²) in [6, 6.07) is 5.62. The maximum atomic E-state index is 12.1. The molecule has 1 atom stereocenters. The Morgan fingerprint density at radius 3 is 2.64 bits per heavy atom. The molecule has 2 aromatic rings. The fourth-order valence-corrected chi connectivity index (χ4v) is 2.12. The van der Waals surface area contributed by atoms with Gasteiger partial charge < -0.3 is 10.6 Å². The van der Waals surface area contributed by atoms with Crippen molar-refractivity contribution >= 4 is 40.8 Å². The van der Waals surface area contributed by atoms with Gasteiger partial charge in [-0.1, -0.05) is 29.3 Å². The van der Waals surface area contributed by atoms with Crippen LogP contribution in [0.15, 0.2) is 30.5 Å². The second kappa shape index (κ2) is 6.81. The minimum absolute atomic E-state index is 0.152. The third-order valence-electron chi connectivity index (χ3n) is 2.90. The number of carbonyl (C=O) groups is 2. The van der Waals surface area contributed by atoms with E-state index in [-0.39, 0.29) is 21.5 Å². The van der Waals surface area contributed by atoms with E-state index in [1.807, 2.05) is 0 Å². The van der Waals surface area contributed by atoms with Crippen molar-refractivity contribution in [2.45, 2.75) is 13.0 Å². The van der Waals surface area contributed by atoms with E-state index < -0.39 is 11.9 Å². The minimum atomic E-state index is -0.760. The van der Waals surface area contributed by atoms with Gasteiger partial charge in [-0.15, -0.1) is 0 Å². The Balaban J connectivity index is 2.01. The molecule has 0 spiro atoms. The summed E-state index contributed by atoms with van der Waals surface area (Å²) in [5, 5.41) is 9.62. The lowest BCUT2D eigenvalue weighted by Gasteiger charge is -2.14. The van der Waals surface area contributed by atoms with Crippen molar-refractivity contribution in [1.29, 1.82) is 0 Å². The molecule has 0 radical (unpaired) electrons. The first-order chi connectivity index (χ1) is 10.4. The van der Waals surface area contributed by atoms with Crippen LogP contribution < -0.4 is 10.6 Å². The maximum Gasteiger partial charge on any atom is 0.253 e. The second-order valence-corrected chi connectivity index (χ2v) is 5.45. The van der Waals surface area contributed by atoms with Crippen LogP contribution in [0.4, 0.5) is 5.82 Å². The summed E-state index contributed by atoms with van der Waals surface area (Å²) in [6.45, 7) is 1.56. The standard InChI is InChI=1S/C14H14Cl2N4O2/c1-8(13(21)18-11-6-7-20(2)19-11)17-14(22)9-4-3-5-10(15)12(9)16/h3-8H,1-2H3,(H,17,22)(H,18,19,21)/t8-/m1/s1. The molecule has 0 aliphatic rings. The van der Waals surface area contributed by atoms with Gasteiger partial charge in [-0.2, -0.15) is 5.10 Å². The van der Waals surface area contributed by atoms with Gasteiger partial charge in [0.25, 0.3) is 5.91 Å². The van der Waals surface area contributed by atoms with Crippen LogP contribution in [0.1, 0.15) is 17.3 Å². The highest BCUT2D eigenvalue weighted by Crippen LogP contribution is 2.25. The predicted molar refractivity (Wildman–Crippen MR) is 85.2 cm³/mol. The van der Waals surface area contributed by atoms with Gasteiger partial charge in [0.15, 0.2) is 5.82 Å². The largest absolute Gasteiger partial charge is 0.340 e. The maximum absolute atomic E-state index is 12.1. The molecule has 1 aromatic carbocycles. The number of hydrogen-bond acceptors (Lipinski definition) is 3. The van der Waals surface area contributed by atoms with Crippen molar-refractivity contribution in [2.24, 2.45) is 7.05 Å². The van der Waals surface area contributed by atoms with Gasteiger partial charge in [0.05, 0.1) is 15.6 Å². The lowest BCUT2D eigenvalue weighted by Crippen LogP contribution is -2.41. The Morgan fingerprint density at radius 2 is 2.00 bits per heavy atom. The van der Waals surface area contributed by atoms with Crippen LogP contribution in [0.25, 0.3) is 0 Å². The molecule has 1 heterocycles. The second-order valence-electron chi connectivity index (χ2n) is 4.66. The summed E-state index contributed by atoms with van der Waals surface area (Å²) in [6.07, 6.45) is 1.70. The summed E-state index contributed by atoms with van der Waals surface area (Å²) in [5.74, 6) is -0.448. The van der Waals surface area contributed by atoms with Gasteiger partial charge in [0.1, 0.15) is 6.04 Å². The monoisotopic (exact) mass is 340 g/mol. The normalized spacial score (nSPS) is 11.8. The first-order valence-electron chi connectivity index (χ1n) is 6.44. The van der Waals surface area contributed by atoms with Gasteiger partial charge in [0.2, 0.25) is 5.91 Å². The third kappa shape index (κ3) is 3.78. The van der Waals surface area contributed by atoms with E-state index in [9.17, 15) is 9.59 Å². The van der Waals surface area contributed by atoms with Crippen molar-refractivity contribution in [2.75, 3.05) is 5.32 Å². The van der Waals surface area contributed by atoms with Crippen LogP contribution in [0.3, 0.4) is 0 Å². The number of nitrogens with zero attached hydrogens (tertiary/aromatic N) is 2. The molecule has 22 heavy (non-hydrogen) atoms. The Bertz CT molecular complexity index is 715. The lowest BCUT2D eigenvalue weighted by atomic mass is 10.2. The quantitative estimate of drug-likeness (QED) is 0.897.